The predicted molar refractivity (Wildman–Crippen MR) is 66.5 cm³/mol. The van der Waals surface area contributed by atoms with Gasteiger partial charge in [-0.1, -0.05) is 19.6 Å². The molecule has 0 aromatic rings. The van der Waals surface area contributed by atoms with E-state index in [1.54, 1.807) is 0 Å². The summed E-state index contributed by atoms with van der Waals surface area (Å²) in [6.45, 7) is 18.4. The summed E-state index contributed by atoms with van der Waals surface area (Å²) in [7, 11) is -2.37. The van der Waals surface area contributed by atoms with Gasteiger partial charge in [-0.25, -0.2) is 0 Å². The van der Waals surface area contributed by atoms with Crippen molar-refractivity contribution in [3.63, 3.8) is 0 Å². The first-order chi connectivity index (χ1) is 5.41. The van der Waals surface area contributed by atoms with Crippen molar-refractivity contribution >= 4 is 16.4 Å². The Kier molecular flexibility index (Phi) is 3.99. The molecule has 0 rings (SSSR count). The van der Waals surface area contributed by atoms with Gasteiger partial charge in [-0.3, -0.25) is 0 Å². The lowest BCUT2D eigenvalue weighted by atomic mass is 10.2. The first-order valence-corrected chi connectivity index (χ1v) is 11.9. The zero-order valence-electron chi connectivity index (χ0n) is 10.6. The molecule has 0 aliphatic rings. The van der Waals surface area contributed by atoms with Crippen LogP contribution < -0.4 is 0 Å². The van der Waals surface area contributed by atoms with Crippen molar-refractivity contribution in [1.29, 1.82) is 0 Å². The van der Waals surface area contributed by atoms with Crippen LogP contribution in [0.4, 0.5) is 0 Å². The van der Waals surface area contributed by atoms with Crippen molar-refractivity contribution in [3.8, 4) is 0 Å². The Hall–Kier alpha value is 0.394. The Morgan fingerprint density at radius 2 is 1.31 bits per heavy atom. The van der Waals surface area contributed by atoms with Gasteiger partial charge in [0.25, 0.3) is 0 Å². The van der Waals surface area contributed by atoms with E-state index >= 15 is 0 Å². The molecule has 1 nitrogen and oxygen atoms in total. The fourth-order valence-electron chi connectivity index (χ4n) is 2.14. The van der Waals surface area contributed by atoms with Crippen molar-refractivity contribution in [2.24, 2.45) is 0 Å². The van der Waals surface area contributed by atoms with E-state index in [4.69, 9.17) is 4.43 Å². The van der Waals surface area contributed by atoms with Gasteiger partial charge in [0.05, 0.1) is 0 Å². The molecular weight excluding hydrogens is 192 g/mol. The number of hydrogen-bond acceptors (Lipinski definition) is 1. The van der Waals surface area contributed by atoms with Crippen LogP contribution >= 0.6 is 0 Å². The molecule has 0 amide bonds. The lowest BCUT2D eigenvalue weighted by Crippen LogP contribution is -2.44. The minimum atomic E-state index is -1.41. The van der Waals surface area contributed by atoms with Gasteiger partial charge in [-0.2, -0.15) is 0 Å². The molecule has 0 saturated carbocycles. The Morgan fingerprint density at radius 3 is 1.54 bits per heavy atom. The van der Waals surface area contributed by atoms with Crippen LogP contribution in [0.15, 0.2) is 0 Å². The molecule has 0 unspecified atom stereocenters. The monoisotopic (exact) mass is 218 g/mol. The molecule has 0 heterocycles. The number of hydrogen-bond donors (Lipinski definition) is 0. The van der Waals surface area contributed by atoms with E-state index in [1.165, 1.54) is 5.67 Å². The summed E-state index contributed by atoms with van der Waals surface area (Å²) in [5.41, 5.74) is 1.40. The molecule has 3 heteroatoms. The Balaban J connectivity index is 4.25. The molecule has 0 fully saturated rings. The fraction of sp³-hybridized carbons (Fsp3) is 1.00. The first kappa shape index (κ1) is 13.4. The standard InChI is InChI=1S/C10H26OSi2/c1-10(2,3)11-13(7,8)9-12(4,5)6/h9H2,1-8H3. The Morgan fingerprint density at radius 1 is 0.923 bits per heavy atom. The van der Waals surface area contributed by atoms with Crippen molar-refractivity contribution in [3.05, 3.63) is 0 Å². The second-order valence-electron chi connectivity index (χ2n) is 6.71. The van der Waals surface area contributed by atoms with Crippen LogP contribution in [0.25, 0.3) is 0 Å². The van der Waals surface area contributed by atoms with E-state index in [0.29, 0.717) is 0 Å². The van der Waals surface area contributed by atoms with Gasteiger partial charge in [0.2, 0.25) is 0 Å². The third-order valence-electron chi connectivity index (χ3n) is 1.54. The quantitative estimate of drug-likeness (QED) is 0.653. The summed E-state index contributed by atoms with van der Waals surface area (Å²) in [5, 5.41) is 0. The summed E-state index contributed by atoms with van der Waals surface area (Å²) in [6, 6.07) is 0. The molecule has 0 aliphatic heterocycles. The van der Waals surface area contributed by atoms with Crippen molar-refractivity contribution < 1.29 is 4.43 Å². The van der Waals surface area contributed by atoms with Gasteiger partial charge in [-0.15, -0.1) is 0 Å². The van der Waals surface area contributed by atoms with Crippen LogP contribution in [0.1, 0.15) is 20.8 Å². The zero-order chi connectivity index (χ0) is 10.9. The predicted octanol–water partition coefficient (Wildman–Crippen LogP) is 3.88. The lowest BCUT2D eigenvalue weighted by Gasteiger charge is -2.35. The van der Waals surface area contributed by atoms with E-state index in [-0.39, 0.29) is 5.60 Å². The van der Waals surface area contributed by atoms with Crippen LogP contribution in [-0.4, -0.2) is 22.0 Å². The average Bonchev–Trinajstić information content (AvgIpc) is 1.43. The molecule has 13 heavy (non-hydrogen) atoms. The van der Waals surface area contributed by atoms with Gasteiger partial charge < -0.3 is 4.43 Å². The minimum Gasteiger partial charge on any atom is -0.413 e. The molecule has 0 aromatic heterocycles. The third-order valence-corrected chi connectivity index (χ3v) is 10.4. The van der Waals surface area contributed by atoms with E-state index < -0.39 is 16.4 Å². The van der Waals surface area contributed by atoms with Crippen LogP contribution in [-0.2, 0) is 4.43 Å². The molecular formula is C10H26OSi2. The van der Waals surface area contributed by atoms with Crippen LogP contribution in [0.3, 0.4) is 0 Å². The zero-order valence-corrected chi connectivity index (χ0v) is 12.6. The molecule has 0 aliphatic carbocycles. The first-order valence-electron chi connectivity index (χ1n) is 5.12. The molecule has 0 atom stereocenters. The van der Waals surface area contributed by atoms with Gasteiger partial charge >= 0.3 is 0 Å². The summed E-state index contributed by atoms with van der Waals surface area (Å²) in [5.74, 6) is 0. The maximum Gasteiger partial charge on any atom is 0.184 e. The van der Waals surface area contributed by atoms with Gasteiger partial charge in [0.1, 0.15) is 0 Å². The maximum absolute atomic E-state index is 6.17. The molecule has 0 aromatic carbocycles. The maximum atomic E-state index is 6.17. The van der Waals surface area contributed by atoms with E-state index in [9.17, 15) is 0 Å². The molecule has 0 saturated heterocycles. The van der Waals surface area contributed by atoms with Gasteiger partial charge in [0, 0.05) is 13.7 Å². The fourth-order valence-corrected chi connectivity index (χ4v) is 14.3. The molecule has 0 radical (unpaired) electrons. The minimum absolute atomic E-state index is 0.0371. The van der Waals surface area contributed by atoms with Crippen LogP contribution in [0.5, 0.6) is 0 Å². The number of rotatable bonds is 3. The highest BCUT2D eigenvalue weighted by Crippen LogP contribution is 2.25. The topological polar surface area (TPSA) is 9.23 Å². The van der Waals surface area contributed by atoms with Crippen molar-refractivity contribution in [2.75, 3.05) is 0 Å². The Bertz CT molecular complexity index is 145. The van der Waals surface area contributed by atoms with Crippen molar-refractivity contribution in [2.45, 2.75) is 64.8 Å². The smallest absolute Gasteiger partial charge is 0.184 e. The average molecular weight is 218 g/mol. The second kappa shape index (κ2) is 3.87. The van der Waals surface area contributed by atoms with Gasteiger partial charge in [-0.05, 0) is 39.5 Å². The van der Waals surface area contributed by atoms with Crippen LogP contribution in [0.2, 0.25) is 38.4 Å². The molecule has 0 bridgehead atoms. The van der Waals surface area contributed by atoms with E-state index in [1.807, 2.05) is 0 Å². The molecule has 0 N–H and O–H groups in total. The highest BCUT2D eigenvalue weighted by Gasteiger charge is 2.33. The highest BCUT2D eigenvalue weighted by molar-refractivity contribution is 6.92. The summed E-state index contributed by atoms with van der Waals surface area (Å²) in [4.78, 5) is 0. The van der Waals surface area contributed by atoms with Crippen LogP contribution in [0, 0.1) is 0 Å². The highest BCUT2D eigenvalue weighted by atomic mass is 28.4. The largest absolute Gasteiger partial charge is 0.413 e. The molecule has 0 spiro atoms. The molecule has 80 valence electrons. The normalized spacial score (nSPS) is 14.8. The summed E-state index contributed by atoms with van der Waals surface area (Å²) in [6.07, 6.45) is 0. The third kappa shape index (κ3) is 8.72. The summed E-state index contributed by atoms with van der Waals surface area (Å²) >= 11 is 0. The van der Waals surface area contributed by atoms with Gasteiger partial charge in [0.15, 0.2) is 8.32 Å². The van der Waals surface area contributed by atoms with E-state index in [2.05, 4.69) is 53.5 Å². The van der Waals surface area contributed by atoms with Crippen molar-refractivity contribution in [1.82, 2.24) is 0 Å². The van der Waals surface area contributed by atoms with E-state index in [0.717, 1.165) is 0 Å². The Labute approximate surface area is 86.0 Å². The second-order valence-corrected chi connectivity index (χ2v) is 17.0. The SMILES string of the molecule is CC(C)(C)O[Si](C)(C)C[Si](C)(C)C. The summed E-state index contributed by atoms with van der Waals surface area (Å²) < 4.78 is 6.17. The lowest BCUT2D eigenvalue weighted by molar-refractivity contribution is 0.121.